The molecule has 0 bridgehead atoms. The van der Waals surface area contributed by atoms with Crippen LogP contribution in [-0.2, 0) is 0 Å². The zero-order chi connectivity index (χ0) is 11.0. The van der Waals surface area contributed by atoms with Gasteiger partial charge in [0, 0.05) is 18.0 Å². The molecule has 14 heavy (non-hydrogen) atoms. The third kappa shape index (κ3) is 1.72. The van der Waals surface area contributed by atoms with Crippen LogP contribution in [-0.4, -0.2) is 22.2 Å². The first-order valence-corrected chi connectivity index (χ1v) is 3.52. The first-order chi connectivity index (χ1) is 6.27. The Morgan fingerprint density at radius 3 is 2.14 bits per heavy atom. The molecule has 1 heterocycles. The average molecular weight is 215 g/mol. The lowest BCUT2D eigenvalue weighted by Gasteiger charge is -2.23. The van der Waals surface area contributed by atoms with Gasteiger partial charge < -0.3 is 10.1 Å². The van der Waals surface area contributed by atoms with E-state index in [1.165, 1.54) is 0 Å². The number of rotatable bonds is 2. The lowest BCUT2D eigenvalue weighted by molar-refractivity contribution is -0.315. The van der Waals surface area contributed by atoms with Crippen LogP contribution in [0.1, 0.15) is 11.7 Å². The van der Waals surface area contributed by atoms with Crippen molar-refractivity contribution in [2.45, 2.75) is 18.2 Å². The minimum atomic E-state index is -5.76. The van der Waals surface area contributed by atoms with E-state index in [1.54, 1.807) is 0 Å². The smallest absolute Gasteiger partial charge is 0.382 e. The van der Waals surface area contributed by atoms with Gasteiger partial charge in [-0.1, -0.05) is 0 Å². The van der Waals surface area contributed by atoms with Gasteiger partial charge in [0.15, 0.2) is 6.10 Å². The van der Waals surface area contributed by atoms with Crippen LogP contribution < -0.4 is 0 Å². The Morgan fingerprint density at radius 1 is 1.21 bits per heavy atom. The highest BCUT2D eigenvalue weighted by atomic mass is 19.4. The number of hydrogen-bond donors (Lipinski definition) is 2. The molecule has 2 N–H and O–H groups in total. The number of aliphatic hydroxyl groups is 1. The maximum absolute atomic E-state index is 12.5. The van der Waals surface area contributed by atoms with Crippen molar-refractivity contribution in [3.8, 4) is 0 Å². The molecule has 0 aromatic carbocycles. The van der Waals surface area contributed by atoms with Crippen LogP contribution >= 0.6 is 0 Å². The molecular weight excluding hydrogens is 209 g/mol. The van der Waals surface area contributed by atoms with Crippen LogP contribution in [0.2, 0.25) is 0 Å². The molecule has 1 rings (SSSR count). The fourth-order valence-corrected chi connectivity index (χ4v) is 0.871. The maximum atomic E-state index is 12.5. The predicted molar refractivity (Wildman–Crippen MR) is 36.8 cm³/mol. The number of H-pyrrole nitrogens is 1. The molecular formula is C7H6F5NO. The summed E-state index contributed by atoms with van der Waals surface area (Å²) in [6, 6.07) is 0.949. The average Bonchev–Trinajstić information content (AvgIpc) is 2.52. The van der Waals surface area contributed by atoms with Gasteiger partial charge in [0.1, 0.15) is 0 Å². The van der Waals surface area contributed by atoms with Crippen LogP contribution in [0.5, 0.6) is 0 Å². The summed E-state index contributed by atoms with van der Waals surface area (Å²) >= 11 is 0. The normalized spacial score (nSPS) is 15.6. The third-order valence-corrected chi connectivity index (χ3v) is 1.66. The summed E-state index contributed by atoms with van der Waals surface area (Å²) in [7, 11) is 0. The van der Waals surface area contributed by atoms with Gasteiger partial charge in [-0.3, -0.25) is 0 Å². The lowest BCUT2D eigenvalue weighted by atomic mass is 10.1. The first-order valence-electron chi connectivity index (χ1n) is 3.52. The highest BCUT2D eigenvalue weighted by Gasteiger charge is 2.62. The Hall–Kier alpha value is -1.11. The molecule has 1 atom stereocenters. The van der Waals surface area contributed by atoms with Crippen molar-refractivity contribution in [1.82, 2.24) is 4.98 Å². The molecule has 80 valence electrons. The van der Waals surface area contributed by atoms with Gasteiger partial charge in [0.25, 0.3) is 0 Å². The van der Waals surface area contributed by atoms with Crippen molar-refractivity contribution in [1.29, 1.82) is 0 Å². The summed E-state index contributed by atoms with van der Waals surface area (Å²) in [4.78, 5) is 2.27. The SMILES string of the molecule is OC(c1cc[nH]c1)C(F)(F)C(F)(F)F. The molecule has 0 spiro atoms. The van der Waals surface area contributed by atoms with Gasteiger partial charge in [-0.25, -0.2) is 0 Å². The van der Waals surface area contributed by atoms with Crippen molar-refractivity contribution < 1.29 is 27.1 Å². The van der Waals surface area contributed by atoms with E-state index < -0.39 is 23.8 Å². The number of halogens is 5. The minimum Gasteiger partial charge on any atom is -0.382 e. The molecule has 0 fully saturated rings. The summed E-state index contributed by atoms with van der Waals surface area (Å²) in [6.45, 7) is 0. The van der Waals surface area contributed by atoms with Crippen LogP contribution in [0.15, 0.2) is 18.5 Å². The van der Waals surface area contributed by atoms with Crippen molar-refractivity contribution in [2.75, 3.05) is 0 Å². The minimum absolute atomic E-state index is 0.507. The summed E-state index contributed by atoms with van der Waals surface area (Å²) in [5, 5.41) is 8.78. The fourth-order valence-electron chi connectivity index (χ4n) is 0.871. The van der Waals surface area contributed by atoms with E-state index >= 15 is 0 Å². The van der Waals surface area contributed by atoms with Crippen LogP contribution in [0.25, 0.3) is 0 Å². The van der Waals surface area contributed by atoms with E-state index in [2.05, 4.69) is 4.98 Å². The van der Waals surface area contributed by atoms with Gasteiger partial charge in [-0.05, 0) is 6.07 Å². The van der Waals surface area contributed by atoms with Gasteiger partial charge >= 0.3 is 12.1 Å². The second kappa shape index (κ2) is 3.23. The monoisotopic (exact) mass is 215 g/mol. The van der Waals surface area contributed by atoms with Gasteiger partial charge in [0.2, 0.25) is 0 Å². The zero-order valence-electron chi connectivity index (χ0n) is 6.65. The molecule has 0 aliphatic rings. The van der Waals surface area contributed by atoms with E-state index in [0.717, 1.165) is 18.5 Å². The number of hydrogen-bond acceptors (Lipinski definition) is 1. The van der Waals surface area contributed by atoms with E-state index in [-0.39, 0.29) is 0 Å². The van der Waals surface area contributed by atoms with E-state index in [4.69, 9.17) is 5.11 Å². The molecule has 0 aliphatic carbocycles. The summed E-state index contributed by atoms with van der Waals surface area (Å²) < 4.78 is 60.3. The molecule has 0 saturated heterocycles. The second-order valence-electron chi connectivity index (χ2n) is 2.67. The number of aromatic amines is 1. The molecule has 1 aromatic rings. The molecule has 0 amide bonds. The largest absolute Gasteiger partial charge is 0.456 e. The Kier molecular flexibility index (Phi) is 2.53. The van der Waals surface area contributed by atoms with Crippen molar-refractivity contribution in [2.24, 2.45) is 0 Å². The number of nitrogens with one attached hydrogen (secondary N) is 1. The van der Waals surface area contributed by atoms with Gasteiger partial charge in [-0.15, -0.1) is 0 Å². The zero-order valence-corrected chi connectivity index (χ0v) is 6.65. The van der Waals surface area contributed by atoms with Crippen molar-refractivity contribution in [3.05, 3.63) is 24.0 Å². The molecule has 0 radical (unpaired) electrons. The van der Waals surface area contributed by atoms with Crippen molar-refractivity contribution >= 4 is 0 Å². The number of aromatic nitrogens is 1. The van der Waals surface area contributed by atoms with E-state index in [1.807, 2.05) is 0 Å². The first kappa shape index (κ1) is 11.0. The lowest BCUT2D eigenvalue weighted by Crippen LogP contribution is -2.42. The quantitative estimate of drug-likeness (QED) is 0.729. The number of aliphatic hydroxyl groups excluding tert-OH is 1. The molecule has 0 aliphatic heterocycles. The summed E-state index contributed by atoms with van der Waals surface area (Å²) in [5.41, 5.74) is -0.507. The van der Waals surface area contributed by atoms with Crippen LogP contribution in [0.3, 0.4) is 0 Å². The summed E-state index contributed by atoms with van der Waals surface area (Å²) in [5.74, 6) is -5.14. The topological polar surface area (TPSA) is 36.0 Å². The third-order valence-electron chi connectivity index (χ3n) is 1.66. The van der Waals surface area contributed by atoms with Crippen molar-refractivity contribution in [3.63, 3.8) is 0 Å². The number of alkyl halides is 5. The Bertz CT molecular complexity index is 292. The Labute approximate surface area is 75.4 Å². The van der Waals surface area contributed by atoms with E-state index in [0.29, 0.717) is 0 Å². The highest BCUT2D eigenvalue weighted by Crippen LogP contribution is 2.44. The molecule has 0 saturated carbocycles. The molecule has 7 heteroatoms. The van der Waals surface area contributed by atoms with Crippen LogP contribution in [0.4, 0.5) is 22.0 Å². The van der Waals surface area contributed by atoms with E-state index in [9.17, 15) is 22.0 Å². The predicted octanol–water partition coefficient (Wildman–Crippen LogP) is 2.25. The Balaban J connectivity index is 2.94. The Morgan fingerprint density at radius 2 is 1.79 bits per heavy atom. The second-order valence-corrected chi connectivity index (χ2v) is 2.67. The highest BCUT2D eigenvalue weighted by molar-refractivity contribution is 5.15. The maximum Gasteiger partial charge on any atom is 0.456 e. The molecule has 2 nitrogen and oxygen atoms in total. The standard InChI is InChI=1S/C7H6F5NO/c8-6(9,7(10,11)12)5(14)4-1-2-13-3-4/h1-3,5,13-14H. The fraction of sp³-hybridized carbons (Fsp3) is 0.429. The van der Waals surface area contributed by atoms with Gasteiger partial charge in [-0.2, -0.15) is 22.0 Å². The summed E-state index contributed by atoms with van der Waals surface area (Å²) in [6.07, 6.45) is -6.62. The van der Waals surface area contributed by atoms with Crippen LogP contribution in [0, 0.1) is 0 Å². The van der Waals surface area contributed by atoms with Gasteiger partial charge in [0.05, 0.1) is 0 Å². The molecule has 1 aromatic heterocycles. The molecule has 1 unspecified atom stereocenters.